The molecule has 0 aromatic heterocycles. The van der Waals surface area contributed by atoms with Gasteiger partial charge in [0, 0.05) is 36.9 Å². The summed E-state index contributed by atoms with van der Waals surface area (Å²) in [6, 6.07) is 0.771. The van der Waals surface area contributed by atoms with Gasteiger partial charge in [0.2, 0.25) is 0 Å². The molecule has 1 rings (SSSR count). The predicted molar refractivity (Wildman–Crippen MR) is 66.2 cm³/mol. The molecule has 112 valence electrons. The first-order valence-corrected chi connectivity index (χ1v) is 7.68. The standard InChI is InChI=1S/C11H11ClF2O5S/c1-18-3-2-4-19-11(15)7-5-10(20(12,16)17)9(14)6-8(7)13/h5-6H,2-4H2,1H3. The maximum Gasteiger partial charge on any atom is 0.341 e. The molecule has 0 saturated carbocycles. The van der Waals surface area contributed by atoms with Gasteiger partial charge in [-0.15, -0.1) is 0 Å². The van der Waals surface area contributed by atoms with E-state index in [0.717, 1.165) is 0 Å². The van der Waals surface area contributed by atoms with Gasteiger partial charge in [-0.2, -0.15) is 0 Å². The second-order valence-electron chi connectivity index (χ2n) is 3.68. The third-order valence-corrected chi connectivity index (χ3v) is 3.57. The number of carbonyl (C=O) groups excluding carboxylic acids is 1. The second-order valence-corrected chi connectivity index (χ2v) is 6.22. The highest BCUT2D eigenvalue weighted by Crippen LogP contribution is 2.23. The van der Waals surface area contributed by atoms with Crippen LogP contribution in [0.4, 0.5) is 8.78 Å². The Labute approximate surface area is 118 Å². The average molecular weight is 329 g/mol. The lowest BCUT2D eigenvalue weighted by atomic mass is 10.2. The van der Waals surface area contributed by atoms with Gasteiger partial charge in [-0.1, -0.05) is 0 Å². The van der Waals surface area contributed by atoms with Gasteiger partial charge in [0.25, 0.3) is 9.05 Å². The topological polar surface area (TPSA) is 69.7 Å². The summed E-state index contributed by atoms with van der Waals surface area (Å²) < 4.78 is 58.3. The maximum atomic E-state index is 13.4. The van der Waals surface area contributed by atoms with Crippen molar-refractivity contribution in [1.82, 2.24) is 0 Å². The molecule has 0 fully saturated rings. The van der Waals surface area contributed by atoms with Crippen LogP contribution in [0, 0.1) is 11.6 Å². The van der Waals surface area contributed by atoms with E-state index in [9.17, 15) is 22.0 Å². The third-order valence-electron chi connectivity index (χ3n) is 2.23. The summed E-state index contributed by atoms with van der Waals surface area (Å²) in [6.45, 7) is 0.285. The van der Waals surface area contributed by atoms with E-state index in [1.54, 1.807) is 0 Å². The number of hydrogen-bond donors (Lipinski definition) is 0. The largest absolute Gasteiger partial charge is 0.462 e. The van der Waals surface area contributed by atoms with E-state index in [1.165, 1.54) is 7.11 Å². The van der Waals surface area contributed by atoms with Crippen LogP contribution in [0.3, 0.4) is 0 Å². The molecule has 0 bridgehead atoms. The maximum absolute atomic E-state index is 13.4. The molecule has 5 nitrogen and oxygen atoms in total. The Bertz CT molecular complexity index is 603. The van der Waals surface area contributed by atoms with Gasteiger partial charge in [-0.05, 0) is 6.07 Å². The zero-order chi connectivity index (χ0) is 15.3. The third kappa shape index (κ3) is 4.39. The fourth-order valence-electron chi connectivity index (χ4n) is 1.32. The number of esters is 1. The summed E-state index contributed by atoms with van der Waals surface area (Å²) in [6.07, 6.45) is 0.381. The molecule has 0 amide bonds. The molecule has 20 heavy (non-hydrogen) atoms. The van der Waals surface area contributed by atoms with Crippen molar-refractivity contribution < 1.29 is 31.5 Å². The summed E-state index contributed by atoms with van der Waals surface area (Å²) >= 11 is 0. The molecule has 0 spiro atoms. The molecular weight excluding hydrogens is 318 g/mol. The molecule has 0 N–H and O–H groups in total. The summed E-state index contributed by atoms with van der Waals surface area (Å²) in [5.74, 6) is -3.73. The van der Waals surface area contributed by atoms with Crippen LogP contribution < -0.4 is 0 Å². The minimum atomic E-state index is -4.43. The van der Waals surface area contributed by atoms with Crippen LogP contribution in [0.25, 0.3) is 0 Å². The van der Waals surface area contributed by atoms with E-state index in [4.69, 9.17) is 20.2 Å². The monoisotopic (exact) mass is 328 g/mol. The average Bonchev–Trinajstić information content (AvgIpc) is 2.32. The molecule has 0 heterocycles. The van der Waals surface area contributed by atoms with Crippen LogP contribution in [0.5, 0.6) is 0 Å². The van der Waals surface area contributed by atoms with E-state index >= 15 is 0 Å². The van der Waals surface area contributed by atoms with Crippen molar-refractivity contribution in [2.75, 3.05) is 20.3 Å². The number of rotatable bonds is 6. The van der Waals surface area contributed by atoms with E-state index in [1.807, 2.05) is 0 Å². The molecular formula is C11H11ClF2O5S. The Balaban J connectivity index is 2.98. The van der Waals surface area contributed by atoms with Crippen molar-refractivity contribution in [1.29, 1.82) is 0 Å². The van der Waals surface area contributed by atoms with Gasteiger partial charge in [-0.25, -0.2) is 22.0 Å². The number of halogens is 3. The van der Waals surface area contributed by atoms with Crippen LogP contribution in [0.1, 0.15) is 16.8 Å². The van der Waals surface area contributed by atoms with Crippen LogP contribution in [-0.2, 0) is 18.5 Å². The lowest BCUT2D eigenvalue weighted by Crippen LogP contribution is -2.11. The number of methoxy groups -OCH3 is 1. The molecule has 0 aliphatic carbocycles. The van der Waals surface area contributed by atoms with Crippen molar-refractivity contribution >= 4 is 25.7 Å². The summed E-state index contributed by atoms with van der Waals surface area (Å²) in [4.78, 5) is 10.6. The van der Waals surface area contributed by atoms with Crippen molar-refractivity contribution in [3.05, 3.63) is 29.3 Å². The number of hydrogen-bond acceptors (Lipinski definition) is 5. The quantitative estimate of drug-likeness (QED) is 0.454. The van der Waals surface area contributed by atoms with E-state index in [2.05, 4.69) is 0 Å². The highest BCUT2D eigenvalue weighted by molar-refractivity contribution is 8.13. The van der Waals surface area contributed by atoms with E-state index in [-0.39, 0.29) is 12.7 Å². The van der Waals surface area contributed by atoms with Gasteiger partial charge in [-0.3, -0.25) is 0 Å². The molecule has 0 atom stereocenters. The smallest absolute Gasteiger partial charge is 0.341 e. The first-order chi connectivity index (χ1) is 9.27. The van der Waals surface area contributed by atoms with Crippen molar-refractivity contribution in [3.63, 3.8) is 0 Å². The van der Waals surface area contributed by atoms with Gasteiger partial charge in [0.05, 0.1) is 12.2 Å². The fourth-order valence-corrected chi connectivity index (χ4v) is 2.22. The lowest BCUT2D eigenvalue weighted by Gasteiger charge is -2.07. The molecule has 0 unspecified atom stereocenters. The summed E-state index contributed by atoms with van der Waals surface area (Å²) in [5.41, 5.74) is -0.706. The molecule has 1 aromatic rings. The van der Waals surface area contributed by atoms with Gasteiger partial charge < -0.3 is 9.47 Å². The first-order valence-electron chi connectivity index (χ1n) is 5.37. The van der Waals surface area contributed by atoms with Crippen LogP contribution in [-0.4, -0.2) is 34.7 Å². The molecule has 9 heteroatoms. The predicted octanol–water partition coefficient (Wildman–Crippen LogP) is 2.09. The lowest BCUT2D eigenvalue weighted by molar-refractivity contribution is 0.0463. The first kappa shape index (κ1) is 16.8. The van der Waals surface area contributed by atoms with Crippen LogP contribution in [0.2, 0.25) is 0 Å². The fraction of sp³-hybridized carbons (Fsp3) is 0.364. The Morgan fingerprint density at radius 2 is 1.90 bits per heavy atom. The normalized spacial score (nSPS) is 11.4. The second kappa shape index (κ2) is 6.96. The molecule has 0 aliphatic rings. The Morgan fingerprint density at radius 3 is 2.45 bits per heavy atom. The SMILES string of the molecule is COCCCOC(=O)c1cc(S(=O)(=O)Cl)c(F)cc1F. The van der Waals surface area contributed by atoms with E-state index < -0.39 is 37.1 Å². The Morgan fingerprint density at radius 1 is 1.25 bits per heavy atom. The van der Waals surface area contributed by atoms with Gasteiger partial charge >= 0.3 is 5.97 Å². The van der Waals surface area contributed by atoms with Gasteiger partial charge in [0.15, 0.2) is 0 Å². The minimum Gasteiger partial charge on any atom is -0.462 e. The molecule has 1 aromatic carbocycles. The van der Waals surface area contributed by atoms with Crippen LogP contribution in [0.15, 0.2) is 17.0 Å². The van der Waals surface area contributed by atoms with E-state index in [0.29, 0.717) is 19.1 Å². The summed E-state index contributed by atoms with van der Waals surface area (Å²) in [7, 11) is 2.00. The molecule has 0 radical (unpaired) electrons. The highest BCUT2D eigenvalue weighted by atomic mass is 35.7. The molecule has 0 aliphatic heterocycles. The molecule has 0 saturated heterocycles. The van der Waals surface area contributed by atoms with Crippen molar-refractivity contribution in [3.8, 4) is 0 Å². The number of ether oxygens (including phenoxy) is 2. The van der Waals surface area contributed by atoms with Gasteiger partial charge in [0.1, 0.15) is 16.5 Å². The number of benzene rings is 1. The number of carbonyl (C=O) groups is 1. The van der Waals surface area contributed by atoms with Crippen molar-refractivity contribution in [2.45, 2.75) is 11.3 Å². The van der Waals surface area contributed by atoms with Crippen molar-refractivity contribution in [2.24, 2.45) is 0 Å². The zero-order valence-electron chi connectivity index (χ0n) is 10.4. The Hall–Kier alpha value is -1.25. The zero-order valence-corrected chi connectivity index (χ0v) is 11.9. The summed E-state index contributed by atoms with van der Waals surface area (Å²) in [5, 5.41) is 0. The van der Waals surface area contributed by atoms with Crippen LogP contribution >= 0.6 is 10.7 Å². The minimum absolute atomic E-state index is 0.0492. The highest BCUT2D eigenvalue weighted by Gasteiger charge is 2.23. The Kier molecular flexibility index (Phi) is 5.85.